The van der Waals surface area contributed by atoms with Crippen LogP contribution in [0.4, 0.5) is 0 Å². The molecule has 2 fully saturated rings. The molecule has 1 aliphatic carbocycles. The number of hydrogen-bond donors (Lipinski definition) is 1. The zero-order chi connectivity index (χ0) is 13.1. The van der Waals surface area contributed by atoms with Crippen LogP contribution in [-0.2, 0) is 9.59 Å². The molecule has 0 radical (unpaired) electrons. The Morgan fingerprint density at radius 1 is 1.39 bits per heavy atom. The molecule has 0 spiro atoms. The van der Waals surface area contributed by atoms with Crippen LogP contribution in [0.1, 0.15) is 39.0 Å². The summed E-state index contributed by atoms with van der Waals surface area (Å²) in [4.78, 5) is 26.1. The Kier molecular flexibility index (Phi) is 4.54. The van der Waals surface area contributed by atoms with Gasteiger partial charge in [-0.3, -0.25) is 9.59 Å². The van der Waals surface area contributed by atoms with E-state index in [-0.39, 0.29) is 17.9 Å². The predicted octanol–water partition coefficient (Wildman–Crippen LogP) is 1.40. The number of rotatable bonds is 3. The van der Waals surface area contributed by atoms with Crippen molar-refractivity contribution in [3.8, 4) is 0 Å². The maximum atomic E-state index is 12.5. The molecule has 18 heavy (non-hydrogen) atoms. The number of thioether (sulfide) groups is 1. The van der Waals surface area contributed by atoms with E-state index in [0.29, 0.717) is 30.7 Å². The molecule has 0 aromatic carbocycles. The molecule has 102 valence electrons. The van der Waals surface area contributed by atoms with Crippen molar-refractivity contribution in [1.29, 1.82) is 0 Å². The maximum absolute atomic E-state index is 12.5. The van der Waals surface area contributed by atoms with Crippen molar-refractivity contribution in [1.82, 2.24) is 10.2 Å². The second-order valence-corrected chi connectivity index (χ2v) is 6.16. The first-order valence-electron chi connectivity index (χ1n) is 6.80. The van der Waals surface area contributed by atoms with E-state index in [1.807, 2.05) is 23.6 Å². The lowest BCUT2D eigenvalue weighted by Crippen LogP contribution is -2.49. The molecule has 1 saturated carbocycles. The molecule has 1 N–H and O–H groups in total. The van der Waals surface area contributed by atoms with Crippen LogP contribution in [0.25, 0.3) is 0 Å². The van der Waals surface area contributed by atoms with Gasteiger partial charge < -0.3 is 10.2 Å². The summed E-state index contributed by atoms with van der Waals surface area (Å²) in [6, 6.07) is 0.0114. The van der Waals surface area contributed by atoms with Crippen molar-refractivity contribution < 1.29 is 9.59 Å². The van der Waals surface area contributed by atoms with Crippen LogP contribution in [0, 0.1) is 0 Å². The van der Waals surface area contributed by atoms with Crippen LogP contribution in [0.5, 0.6) is 0 Å². The van der Waals surface area contributed by atoms with E-state index in [9.17, 15) is 9.59 Å². The summed E-state index contributed by atoms with van der Waals surface area (Å²) in [6.45, 7) is 2.54. The van der Waals surface area contributed by atoms with Crippen LogP contribution in [0.3, 0.4) is 0 Å². The first-order chi connectivity index (χ1) is 8.67. The van der Waals surface area contributed by atoms with Gasteiger partial charge in [0.15, 0.2) is 0 Å². The summed E-state index contributed by atoms with van der Waals surface area (Å²) in [5.41, 5.74) is 0. The lowest BCUT2D eigenvalue weighted by molar-refractivity contribution is -0.135. The Morgan fingerprint density at radius 3 is 2.83 bits per heavy atom. The fourth-order valence-electron chi connectivity index (χ4n) is 3.00. The van der Waals surface area contributed by atoms with E-state index in [0.717, 1.165) is 6.42 Å². The normalized spacial score (nSPS) is 33.4. The molecule has 3 atom stereocenters. The number of hydrogen-bond acceptors (Lipinski definition) is 3. The summed E-state index contributed by atoms with van der Waals surface area (Å²) in [5.74, 6) is 0.130. The quantitative estimate of drug-likeness (QED) is 0.843. The minimum Gasteiger partial charge on any atom is -0.344 e. The highest BCUT2D eigenvalue weighted by atomic mass is 32.2. The van der Waals surface area contributed by atoms with Gasteiger partial charge in [0.25, 0.3) is 0 Å². The SMILES string of the molecule is CCC1NC(=O)CCN(C2CCCC2SC)C1=O. The van der Waals surface area contributed by atoms with Gasteiger partial charge >= 0.3 is 0 Å². The number of amides is 2. The molecule has 0 bridgehead atoms. The van der Waals surface area contributed by atoms with Crippen LogP contribution in [0.2, 0.25) is 0 Å². The second-order valence-electron chi connectivity index (χ2n) is 5.08. The lowest BCUT2D eigenvalue weighted by Gasteiger charge is -2.32. The minimum absolute atomic E-state index is 0.0106. The van der Waals surface area contributed by atoms with Crippen molar-refractivity contribution in [2.24, 2.45) is 0 Å². The van der Waals surface area contributed by atoms with Gasteiger partial charge in [0.1, 0.15) is 6.04 Å². The van der Waals surface area contributed by atoms with Crippen molar-refractivity contribution in [2.45, 2.75) is 56.4 Å². The molecule has 0 aromatic heterocycles. The maximum Gasteiger partial charge on any atom is 0.245 e. The zero-order valence-electron chi connectivity index (χ0n) is 11.1. The Balaban J connectivity index is 2.14. The average Bonchev–Trinajstić information content (AvgIpc) is 2.78. The molecule has 1 aliphatic heterocycles. The summed E-state index contributed by atoms with van der Waals surface area (Å²) < 4.78 is 0. The molecule has 1 saturated heterocycles. The van der Waals surface area contributed by atoms with E-state index >= 15 is 0 Å². The molecule has 4 nitrogen and oxygen atoms in total. The third-order valence-electron chi connectivity index (χ3n) is 4.03. The third-order valence-corrected chi connectivity index (χ3v) is 5.18. The van der Waals surface area contributed by atoms with Gasteiger partial charge in [-0.2, -0.15) is 11.8 Å². The average molecular weight is 270 g/mol. The second kappa shape index (κ2) is 5.95. The highest BCUT2D eigenvalue weighted by Gasteiger charge is 2.38. The Hall–Kier alpha value is -0.710. The van der Waals surface area contributed by atoms with Crippen LogP contribution >= 0.6 is 11.8 Å². The molecule has 0 aromatic rings. The van der Waals surface area contributed by atoms with Crippen LogP contribution in [-0.4, -0.2) is 46.8 Å². The highest BCUT2D eigenvalue weighted by Crippen LogP contribution is 2.33. The minimum atomic E-state index is -0.317. The number of nitrogens with one attached hydrogen (secondary N) is 1. The smallest absolute Gasteiger partial charge is 0.245 e. The summed E-state index contributed by atoms with van der Waals surface area (Å²) in [5, 5.41) is 3.37. The standard InChI is InChI=1S/C13H22N2O2S/c1-3-9-13(17)15(8-7-12(16)14-9)10-5-4-6-11(10)18-2/h9-11H,3-8H2,1-2H3,(H,14,16). The molecule has 2 aliphatic rings. The molecule has 1 heterocycles. The largest absolute Gasteiger partial charge is 0.344 e. The first-order valence-corrected chi connectivity index (χ1v) is 8.08. The van der Waals surface area contributed by atoms with Gasteiger partial charge in [-0.25, -0.2) is 0 Å². The first kappa shape index (κ1) is 13.7. The van der Waals surface area contributed by atoms with Crippen molar-refractivity contribution in [3.05, 3.63) is 0 Å². The number of carbonyl (C=O) groups is 2. The molecule has 2 amide bonds. The van der Waals surface area contributed by atoms with Crippen molar-refractivity contribution >= 4 is 23.6 Å². The van der Waals surface area contributed by atoms with Crippen molar-refractivity contribution in [3.63, 3.8) is 0 Å². The number of nitrogens with zero attached hydrogens (tertiary/aromatic N) is 1. The van der Waals surface area contributed by atoms with Crippen LogP contribution < -0.4 is 5.32 Å². The van der Waals surface area contributed by atoms with Gasteiger partial charge in [0.2, 0.25) is 11.8 Å². The molecule has 5 heteroatoms. The van der Waals surface area contributed by atoms with E-state index in [2.05, 4.69) is 11.6 Å². The summed E-state index contributed by atoms with van der Waals surface area (Å²) in [7, 11) is 0. The van der Waals surface area contributed by atoms with E-state index in [1.54, 1.807) is 0 Å². The Bertz CT molecular complexity index is 335. The van der Waals surface area contributed by atoms with Crippen molar-refractivity contribution in [2.75, 3.05) is 12.8 Å². The molecular formula is C13H22N2O2S. The monoisotopic (exact) mass is 270 g/mol. The summed E-state index contributed by atoms with van der Waals surface area (Å²) in [6.07, 6.45) is 6.71. The predicted molar refractivity (Wildman–Crippen MR) is 73.5 cm³/mol. The van der Waals surface area contributed by atoms with E-state index < -0.39 is 0 Å². The topological polar surface area (TPSA) is 49.4 Å². The van der Waals surface area contributed by atoms with E-state index in [4.69, 9.17) is 0 Å². The van der Waals surface area contributed by atoms with Crippen LogP contribution in [0.15, 0.2) is 0 Å². The van der Waals surface area contributed by atoms with Gasteiger partial charge in [-0.1, -0.05) is 13.3 Å². The molecule has 2 rings (SSSR count). The molecule has 3 unspecified atom stereocenters. The third kappa shape index (κ3) is 2.66. The van der Waals surface area contributed by atoms with Gasteiger partial charge in [-0.05, 0) is 25.5 Å². The Morgan fingerprint density at radius 2 is 2.17 bits per heavy atom. The Labute approximate surface area is 113 Å². The van der Waals surface area contributed by atoms with Gasteiger partial charge in [0.05, 0.1) is 0 Å². The number of carbonyl (C=O) groups excluding carboxylic acids is 2. The lowest BCUT2D eigenvalue weighted by atomic mass is 10.1. The van der Waals surface area contributed by atoms with E-state index in [1.165, 1.54) is 12.8 Å². The fraction of sp³-hybridized carbons (Fsp3) is 0.846. The fourth-order valence-corrected chi connectivity index (χ4v) is 4.00. The zero-order valence-corrected chi connectivity index (χ0v) is 12.0. The van der Waals surface area contributed by atoms with Gasteiger partial charge in [-0.15, -0.1) is 0 Å². The summed E-state index contributed by atoms with van der Waals surface area (Å²) >= 11 is 1.85. The van der Waals surface area contributed by atoms with Gasteiger partial charge in [0, 0.05) is 24.3 Å². The highest BCUT2D eigenvalue weighted by molar-refractivity contribution is 7.99. The molecular weight excluding hydrogens is 248 g/mol.